The summed E-state index contributed by atoms with van der Waals surface area (Å²) in [6.45, 7) is 1.40. The summed E-state index contributed by atoms with van der Waals surface area (Å²) < 4.78 is 0. The van der Waals surface area contributed by atoms with E-state index >= 15 is 0 Å². The highest BCUT2D eigenvalue weighted by atomic mass is 16.4. The first-order valence-corrected chi connectivity index (χ1v) is 5.33. The van der Waals surface area contributed by atoms with Crippen molar-refractivity contribution in [3.63, 3.8) is 0 Å². The summed E-state index contributed by atoms with van der Waals surface area (Å²) in [4.78, 5) is 22.6. The third-order valence-corrected chi connectivity index (χ3v) is 2.51. The number of carboxylic acid groups (broad SMARTS) is 1. The van der Waals surface area contributed by atoms with Crippen LogP contribution in [0.15, 0.2) is 30.5 Å². The van der Waals surface area contributed by atoms with Crippen LogP contribution in [0.25, 0.3) is 10.9 Å². The number of aromatic nitrogens is 2. The van der Waals surface area contributed by atoms with Gasteiger partial charge in [0.05, 0.1) is 17.3 Å². The molecule has 1 amide bonds. The molecule has 0 bridgehead atoms. The van der Waals surface area contributed by atoms with Crippen LogP contribution < -0.4 is 5.32 Å². The Balaban J connectivity index is 2.36. The molecule has 2 N–H and O–H groups in total. The molecule has 2 rings (SSSR count). The Kier molecular flexibility index (Phi) is 3.18. The summed E-state index contributed by atoms with van der Waals surface area (Å²) in [6, 6.07) is 6.09. The maximum Gasteiger partial charge on any atom is 0.325 e. The number of carbonyl (C=O) groups excluding carboxylic acids is 1. The van der Waals surface area contributed by atoms with E-state index in [-0.39, 0.29) is 0 Å². The van der Waals surface area contributed by atoms with E-state index in [1.165, 1.54) is 13.1 Å². The van der Waals surface area contributed by atoms with Crippen molar-refractivity contribution in [2.45, 2.75) is 13.0 Å². The van der Waals surface area contributed by atoms with Gasteiger partial charge >= 0.3 is 5.97 Å². The van der Waals surface area contributed by atoms with Gasteiger partial charge in [0.25, 0.3) is 5.91 Å². The van der Waals surface area contributed by atoms with Gasteiger partial charge in [0, 0.05) is 5.39 Å². The molecule has 0 fully saturated rings. The van der Waals surface area contributed by atoms with Gasteiger partial charge in [-0.3, -0.25) is 9.59 Å². The molecule has 1 aromatic carbocycles. The average molecular weight is 245 g/mol. The van der Waals surface area contributed by atoms with Crippen LogP contribution in [0, 0.1) is 0 Å². The lowest BCUT2D eigenvalue weighted by atomic mass is 10.1. The van der Waals surface area contributed by atoms with Gasteiger partial charge in [-0.15, -0.1) is 0 Å². The SMILES string of the molecule is C[C@@H](NC(=O)c1cnnc2ccccc12)C(=O)O. The number of amides is 1. The minimum atomic E-state index is -1.09. The molecule has 0 saturated heterocycles. The molecule has 0 radical (unpaired) electrons. The minimum Gasteiger partial charge on any atom is -0.480 e. The number of carbonyl (C=O) groups is 2. The molecule has 1 heterocycles. The van der Waals surface area contributed by atoms with E-state index in [1.54, 1.807) is 24.3 Å². The molecule has 6 nitrogen and oxygen atoms in total. The maximum atomic E-state index is 11.9. The molecule has 0 aliphatic carbocycles. The topological polar surface area (TPSA) is 92.2 Å². The van der Waals surface area contributed by atoms with Crippen LogP contribution in [0.3, 0.4) is 0 Å². The second kappa shape index (κ2) is 4.79. The maximum absolute atomic E-state index is 11.9. The van der Waals surface area contributed by atoms with Crippen molar-refractivity contribution in [1.82, 2.24) is 15.5 Å². The second-order valence-electron chi connectivity index (χ2n) is 3.81. The van der Waals surface area contributed by atoms with Gasteiger partial charge in [-0.2, -0.15) is 10.2 Å². The predicted octanol–water partition coefficient (Wildman–Crippen LogP) is 0.833. The molecule has 0 unspecified atom stereocenters. The number of fused-ring (bicyclic) bond motifs is 1. The molecule has 0 aliphatic rings. The lowest BCUT2D eigenvalue weighted by molar-refractivity contribution is -0.138. The minimum absolute atomic E-state index is 0.314. The summed E-state index contributed by atoms with van der Waals surface area (Å²) in [5.74, 6) is -1.56. The summed E-state index contributed by atoms with van der Waals surface area (Å²) in [6.07, 6.45) is 1.33. The monoisotopic (exact) mass is 245 g/mol. The molecule has 0 aliphatic heterocycles. The number of nitrogens with one attached hydrogen (secondary N) is 1. The van der Waals surface area contributed by atoms with Crippen molar-refractivity contribution in [2.75, 3.05) is 0 Å². The zero-order valence-corrected chi connectivity index (χ0v) is 9.62. The van der Waals surface area contributed by atoms with E-state index in [2.05, 4.69) is 15.5 Å². The number of hydrogen-bond acceptors (Lipinski definition) is 4. The van der Waals surface area contributed by atoms with Crippen molar-refractivity contribution >= 4 is 22.8 Å². The van der Waals surface area contributed by atoms with Crippen LogP contribution >= 0.6 is 0 Å². The van der Waals surface area contributed by atoms with Gasteiger partial charge in [0.2, 0.25) is 0 Å². The number of benzene rings is 1. The van der Waals surface area contributed by atoms with E-state index in [0.29, 0.717) is 16.5 Å². The zero-order valence-electron chi connectivity index (χ0n) is 9.62. The first-order valence-electron chi connectivity index (χ1n) is 5.33. The number of rotatable bonds is 3. The summed E-state index contributed by atoms with van der Waals surface area (Å²) in [5, 5.41) is 19.4. The van der Waals surface area contributed by atoms with E-state index in [4.69, 9.17) is 5.11 Å². The molecule has 2 aromatic rings. The van der Waals surface area contributed by atoms with Gasteiger partial charge in [-0.25, -0.2) is 0 Å². The van der Waals surface area contributed by atoms with E-state index < -0.39 is 17.9 Å². The van der Waals surface area contributed by atoms with Crippen molar-refractivity contribution in [2.24, 2.45) is 0 Å². The van der Waals surface area contributed by atoms with E-state index in [0.717, 1.165) is 0 Å². The highest BCUT2D eigenvalue weighted by Crippen LogP contribution is 2.14. The molecule has 1 aromatic heterocycles. The Morgan fingerprint density at radius 2 is 2.06 bits per heavy atom. The Labute approximate surface area is 103 Å². The van der Waals surface area contributed by atoms with Crippen LogP contribution in [0.2, 0.25) is 0 Å². The Morgan fingerprint density at radius 3 is 2.78 bits per heavy atom. The Bertz CT molecular complexity index is 607. The molecule has 18 heavy (non-hydrogen) atoms. The summed E-state index contributed by atoms with van der Waals surface area (Å²) >= 11 is 0. The molecular weight excluding hydrogens is 234 g/mol. The smallest absolute Gasteiger partial charge is 0.325 e. The fourth-order valence-corrected chi connectivity index (χ4v) is 1.52. The predicted molar refractivity (Wildman–Crippen MR) is 64.1 cm³/mol. The number of carboxylic acids is 1. The van der Waals surface area contributed by atoms with Crippen molar-refractivity contribution in [3.05, 3.63) is 36.0 Å². The van der Waals surface area contributed by atoms with Gasteiger partial charge in [-0.1, -0.05) is 18.2 Å². The lowest BCUT2D eigenvalue weighted by Crippen LogP contribution is -2.38. The van der Waals surface area contributed by atoms with Gasteiger partial charge in [0.1, 0.15) is 6.04 Å². The standard InChI is InChI=1S/C12H11N3O3/c1-7(12(17)18)14-11(16)9-6-13-15-10-5-3-2-4-8(9)10/h2-7H,1H3,(H,14,16)(H,17,18)/t7-/m1/s1. The van der Waals surface area contributed by atoms with Crippen LogP contribution in [0.4, 0.5) is 0 Å². The largest absolute Gasteiger partial charge is 0.480 e. The van der Waals surface area contributed by atoms with Gasteiger partial charge in [0.15, 0.2) is 0 Å². The highest BCUT2D eigenvalue weighted by molar-refractivity contribution is 6.06. The van der Waals surface area contributed by atoms with Gasteiger partial charge in [-0.05, 0) is 13.0 Å². The summed E-state index contributed by atoms with van der Waals surface area (Å²) in [7, 11) is 0. The molecule has 1 atom stereocenters. The molecule has 6 heteroatoms. The van der Waals surface area contributed by atoms with Crippen molar-refractivity contribution < 1.29 is 14.7 Å². The lowest BCUT2D eigenvalue weighted by Gasteiger charge is -2.10. The third-order valence-electron chi connectivity index (χ3n) is 2.51. The van der Waals surface area contributed by atoms with Crippen LogP contribution in [-0.4, -0.2) is 33.2 Å². The van der Waals surface area contributed by atoms with Gasteiger partial charge < -0.3 is 10.4 Å². The summed E-state index contributed by atoms with van der Waals surface area (Å²) in [5.41, 5.74) is 0.904. The molecule has 0 spiro atoms. The van der Waals surface area contributed by atoms with Crippen LogP contribution in [0.1, 0.15) is 17.3 Å². The van der Waals surface area contributed by atoms with Crippen LogP contribution in [-0.2, 0) is 4.79 Å². The fourth-order valence-electron chi connectivity index (χ4n) is 1.52. The van der Waals surface area contributed by atoms with E-state index in [1.807, 2.05) is 0 Å². The first kappa shape index (κ1) is 12.0. The van der Waals surface area contributed by atoms with Crippen LogP contribution in [0.5, 0.6) is 0 Å². The van der Waals surface area contributed by atoms with E-state index in [9.17, 15) is 9.59 Å². The molecule has 0 saturated carbocycles. The third kappa shape index (κ3) is 2.27. The Hall–Kier alpha value is -2.50. The Morgan fingerprint density at radius 1 is 1.33 bits per heavy atom. The van der Waals surface area contributed by atoms with Crippen molar-refractivity contribution in [3.8, 4) is 0 Å². The number of aliphatic carboxylic acids is 1. The number of nitrogens with zero attached hydrogens (tertiary/aromatic N) is 2. The molecule has 92 valence electrons. The first-order chi connectivity index (χ1) is 8.59. The highest BCUT2D eigenvalue weighted by Gasteiger charge is 2.17. The average Bonchev–Trinajstić information content (AvgIpc) is 2.37. The van der Waals surface area contributed by atoms with Crippen molar-refractivity contribution in [1.29, 1.82) is 0 Å². The quantitative estimate of drug-likeness (QED) is 0.835. The normalized spacial score (nSPS) is 12.1. The second-order valence-corrected chi connectivity index (χ2v) is 3.81. The fraction of sp³-hybridized carbons (Fsp3) is 0.167. The molecular formula is C12H11N3O3. The number of hydrogen-bond donors (Lipinski definition) is 2. The zero-order chi connectivity index (χ0) is 13.1.